The molecule has 3 heteroatoms. The SMILES string of the molecule is CCc1ncc(CN2CC[C@@H](N(C)C)C2)cc1C. The third-order valence-electron chi connectivity index (χ3n) is 3.96. The van der Waals surface area contributed by atoms with E-state index in [0.29, 0.717) is 6.04 Å². The maximum Gasteiger partial charge on any atom is 0.0430 e. The lowest BCUT2D eigenvalue weighted by molar-refractivity contribution is 0.264. The van der Waals surface area contributed by atoms with Crippen molar-refractivity contribution in [1.82, 2.24) is 14.8 Å². The van der Waals surface area contributed by atoms with Gasteiger partial charge in [0.15, 0.2) is 0 Å². The Hall–Kier alpha value is -0.930. The zero-order valence-corrected chi connectivity index (χ0v) is 12.1. The van der Waals surface area contributed by atoms with Gasteiger partial charge in [0.2, 0.25) is 0 Å². The number of hydrogen-bond donors (Lipinski definition) is 0. The first kappa shape index (κ1) is 13.5. The second-order valence-corrected chi connectivity index (χ2v) is 5.60. The van der Waals surface area contributed by atoms with Crippen LogP contribution in [-0.4, -0.2) is 48.0 Å². The lowest BCUT2D eigenvalue weighted by Crippen LogP contribution is -2.31. The van der Waals surface area contributed by atoms with Crippen molar-refractivity contribution < 1.29 is 0 Å². The molecular weight excluding hydrogens is 222 g/mol. The Morgan fingerprint density at radius 3 is 2.78 bits per heavy atom. The number of likely N-dealkylation sites (tertiary alicyclic amines) is 1. The molecule has 100 valence electrons. The van der Waals surface area contributed by atoms with E-state index in [2.05, 4.69) is 55.0 Å². The van der Waals surface area contributed by atoms with E-state index in [0.717, 1.165) is 13.0 Å². The van der Waals surface area contributed by atoms with Crippen LogP contribution < -0.4 is 0 Å². The highest BCUT2D eigenvalue weighted by Gasteiger charge is 2.23. The highest BCUT2D eigenvalue weighted by atomic mass is 15.2. The second kappa shape index (κ2) is 5.81. The Labute approximate surface area is 111 Å². The monoisotopic (exact) mass is 247 g/mol. The van der Waals surface area contributed by atoms with Gasteiger partial charge in [0.05, 0.1) is 0 Å². The number of nitrogens with zero attached hydrogens (tertiary/aromatic N) is 3. The van der Waals surface area contributed by atoms with Gasteiger partial charge in [0.1, 0.15) is 0 Å². The topological polar surface area (TPSA) is 19.4 Å². The fourth-order valence-corrected chi connectivity index (χ4v) is 2.75. The molecule has 1 aromatic heterocycles. The molecule has 0 aliphatic carbocycles. The number of aryl methyl sites for hydroxylation is 2. The van der Waals surface area contributed by atoms with Crippen molar-refractivity contribution in [3.63, 3.8) is 0 Å². The summed E-state index contributed by atoms with van der Waals surface area (Å²) in [4.78, 5) is 9.43. The maximum atomic E-state index is 4.56. The quantitative estimate of drug-likeness (QED) is 0.812. The summed E-state index contributed by atoms with van der Waals surface area (Å²) < 4.78 is 0. The van der Waals surface area contributed by atoms with Gasteiger partial charge in [-0.2, -0.15) is 0 Å². The molecular formula is C15H25N3. The molecule has 2 heterocycles. The van der Waals surface area contributed by atoms with E-state index >= 15 is 0 Å². The average molecular weight is 247 g/mol. The Morgan fingerprint density at radius 2 is 2.22 bits per heavy atom. The van der Waals surface area contributed by atoms with Crippen LogP contribution >= 0.6 is 0 Å². The van der Waals surface area contributed by atoms with Gasteiger partial charge >= 0.3 is 0 Å². The summed E-state index contributed by atoms with van der Waals surface area (Å²) in [6.45, 7) is 7.76. The van der Waals surface area contributed by atoms with Crippen LogP contribution in [0.1, 0.15) is 30.2 Å². The lowest BCUT2D eigenvalue weighted by atomic mass is 10.1. The maximum absolute atomic E-state index is 4.56. The molecule has 18 heavy (non-hydrogen) atoms. The Balaban J connectivity index is 1.96. The minimum Gasteiger partial charge on any atom is -0.305 e. The molecule has 0 aromatic carbocycles. The predicted molar refractivity (Wildman–Crippen MR) is 75.7 cm³/mol. The average Bonchev–Trinajstić information content (AvgIpc) is 2.78. The van der Waals surface area contributed by atoms with Gasteiger partial charge in [-0.15, -0.1) is 0 Å². The zero-order chi connectivity index (χ0) is 13.1. The molecule has 1 saturated heterocycles. The highest BCUT2D eigenvalue weighted by molar-refractivity contribution is 5.24. The number of rotatable bonds is 4. The van der Waals surface area contributed by atoms with E-state index in [4.69, 9.17) is 0 Å². The van der Waals surface area contributed by atoms with E-state index in [1.165, 1.54) is 36.3 Å². The van der Waals surface area contributed by atoms with Crippen LogP contribution in [0.4, 0.5) is 0 Å². The summed E-state index contributed by atoms with van der Waals surface area (Å²) in [6, 6.07) is 3.02. The van der Waals surface area contributed by atoms with Crippen molar-refractivity contribution in [2.75, 3.05) is 27.2 Å². The van der Waals surface area contributed by atoms with Crippen molar-refractivity contribution >= 4 is 0 Å². The molecule has 0 amide bonds. The number of pyridine rings is 1. The van der Waals surface area contributed by atoms with E-state index in [-0.39, 0.29) is 0 Å². The summed E-state index contributed by atoms with van der Waals surface area (Å²) in [5.41, 5.74) is 3.91. The lowest BCUT2D eigenvalue weighted by Gasteiger charge is -2.20. The minimum atomic E-state index is 0.717. The third kappa shape index (κ3) is 3.09. The van der Waals surface area contributed by atoms with Crippen LogP contribution in [0.3, 0.4) is 0 Å². The molecule has 2 rings (SSSR count). The molecule has 1 fully saturated rings. The van der Waals surface area contributed by atoms with Crippen molar-refractivity contribution in [2.24, 2.45) is 0 Å². The second-order valence-electron chi connectivity index (χ2n) is 5.60. The summed E-state index contributed by atoms with van der Waals surface area (Å²) in [6.07, 6.45) is 4.36. The standard InChI is InChI=1S/C15H25N3/c1-5-15-12(2)8-13(9-16-15)10-18-7-6-14(11-18)17(3)4/h8-9,14H,5-7,10-11H2,1-4H3/t14-/m1/s1. The first-order valence-electron chi connectivity index (χ1n) is 6.93. The highest BCUT2D eigenvalue weighted by Crippen LogP contribution is 2.17. The van der Waals surface area contributed by atoms with E-state index in [9.17, 15) is 0 Å². The van der Waals surface area contributed by atoms with Crippen LogP contribution in [0.25, 0.3) is 0 Å². The molecule has 0 radical (unpaired) electrons. The van der Waals surface area contributed by atoms with E-state index in [1.54, 1.807) is 0 Å². The van der Waals surface area contributed by atoms with Gasteiger partial charge in [-0.25, -0.2) is 0 Å². The number of aromatic nitrogens is 1. The van der Waals surface area contributed by atoms with Gasteiger partial charge < -0.3 is 4.90 Å². The molecule has 3 nitrogen and oxygen atoms in total. The van der Waals surface area contributed by atoms with Crippen molar-refractivity contribution in [1.29, 1.82) is 0 Å². The first-order chi connectivity index (χ1) is 8.60. The van der Waals surface area contributed by atoms with Crippen molar-refractivity contribution in [3.8, 4) is 0 Å². The van der Waals surface area contributed by atoms with Gasteiger partial charge in [0, 0.05) is 37.6 Å². The summed E-state index contributed by atoms with van der Waals surface area (Å²) in [7, 11) is 4.35. The minimum absolute atomic E-state index is 0.717. The first-order valence-corrected chi connectivity index (χ1v) is 6.93. The zero-order valence-electron chi connectivity index (χ0n) is 12.1. The van der Waals surface area contributed by atoms with Crippen LogP contribution in [0.2, 0.25) is 0 Å². The van der Waals surface area contributed by atoms with Crippen molar-refractivity contribution in [3.05, 3.63) is 29.1 Å². The fraction of sp³-hybridized carbons (Fsp3) is 0.667. The Kier molecular flexibility index (Phi) is 4.36. The molecule has 1 aromatic rings. The Morgan fingerprint density at radius 1 is 1.44 bits per heavy atom. The molecule has 1 aliphatic rings. The van der Waals surface area contributed by atoms with Gasteiger partial charge in [-0.3, -0.25) is 9.88 Å². The van der Waals surface area contributed by atoms with E-state index in [1.807, 2.05) is 0 Å². The van der Waals surface area contributed by atoms with E-state index < -0.39 is 0 Å². The van der Waals surface area contributed by atoms with Crippen LogP contribution in [0.15, 0.2) is 12.3 Å². The van der Waals surface area contributed by atoms with Crippen LogP contribution in [-0.2, 0) is 13.0 Å². The van der Waals surface area contributed by atoms with Gasteiger partial charge in [-0.05, 0) is 45.0 Å². The molecule has 0 bridgehead atoms. The summed E-state index contributed by atoms with van der Waals surface area (Å²) >= 11 is 0. The smallest absolute Gasteiger partial charge is 0.0430 e. The predicted octanol–water partition coefficient (Wildman–Crippen LogP) is 2.09. The van der Waals surface area contributed by atoms with Crippen molar-refractivity contribution in [2.45, 2.75) is 39.3 Å². The van der Waals surface area contributed by atoms with Gasteiger partial charge in [-0.1, -0.05) is 13.0 Å². The molecule has 0 saturated carbocycles. The summed E-state index contributed by atoms with van der Waals surface area (Å²) in [5, 5.41) is 0. The summed E-state index contributed by atoms with van der Waals surface area (Å²) in [5.74, 6) is 0. The fourth-order valence-electron chi connectivity index (χ4n) is 2.75. The van der Waals surface area contributed by atoms with Gasteiger partial charge in [0.25, 0.3) is 0 Å². The van der Waals surface area contributed by atoms with Crippen LogP contribution in [0.5, 0.6) is 0 Å². The number of hydrogen-bond acceptors (Lipinski definition) is 3. The normalized spacial score (nSPS) is 20.8. The molecule has 0 unspecified atom stereocenters. The molecule has 0 N–H and O–H groups in total. The number of likely N-dealkylation sites (N-methyl/N-ethyl adjacent to an activating group) is 1. The molecule has 1 atom stereocenters. The molecule has 0 spiro atoms. The van der Waals surface area contributed by atoms with Crippen LogP contribution in [0, 0.1) is 6.92 Å². The third-order valence-corrected chi connectivity index (χ3v) is 3.96. The Bertz CT molecular complexity index is 401. The largest absolute Gasteiger partial charge is 0.305 e. The molecule has 1 aliphatic heterocycles.